The molecule has 0 radical (unpaired) electrons. The van der Waals surface area contributed by atoms with Crippen molar-refractivity contribution in [3.63, 3.8) is 0 Å². The van der Waals surface area contributed by atoms with E-state index in [2.05, 4.69) is 5.32 Å². The zero-order valence-electron chi connectivity index (χ0n) is 10.8. The number of nitrogens with one attached hydrogen (secondary N) is 1. The van der Waals surface area contributed by atoms with Crippen LogP contribution in [0.15, 0.2) is 42.5 Å². The van der Waals surface area contributed by atoms with E-state index in [4.69, 9.17) is 0 Å². The SMILES string of the molecule is CC[C@@](Nc1cccc2ccccc12)(C(=O)O)S(=O)[O-]. The van der Waals surface area contributed by atoms with E-state index in [1.807, 2.05) is 30.3 Å². The van der Waals surface area contributed by atoms with Crippen LogP contribution in [0, 0.1) is 0 Å². The second kappa shape index (κ2) is 5.60. The van der Waals surface area contributed by atoms with Crippen LogP contribution >= 0.6 is 0 Å². The molecule has 2 rings (SSSR count). The van der Waals surface area contributed by atoms with Crippen LogP contribution in [0.2, 0.25) is 0 Å². The molecular formula is C14H14NO4S-. The zero-order valence-corrected chi connectivity index (χ0v) is 11.6. The lowest BCUT2D eigenvalue weighted by Crippen LogP contribution is -2.49. The molecule has 0 aliphatic heterocycles. The van der Waals surface area contributed by atoms with Gasteiger partial charge in [0.1, 0.15) is 0 Å². The predicted molar refractivity (Wildman–Crippen MR) is 77.1 cm³/mol. The highest BCUT2D eigenvalue weighted by Crippen LogP contribution is 2.28. The third-order valence-electron chi connectivity index (χ3n) is 3.25. The third-order valence-corrected chi connectivity index (χ3v) is 4.39. The topological polar surface area (TPSA) is 89.5 Å². The van der Waals surface area contributed by atoms with E-state index in [1.165, 1.54) is 6.92 Å². The number of anilines is 1. The molecule has 0 spiro atoms. The minimum atomic E-state index is -2.80. The molecule has 0 saturated heterocycles. The van der Waals surface area contributed by atoms with Crippen LogP contribution in [0.3, 0.4) is 0 Å². The Morgan fingerprint density at radius 2 is 1.95 bits per heavy atom. The number of hydrogen-bond donors (Lipinski definition) is 2. The van der Waals surface area contributed by atoms with Gasteiger partial charge in [0, 0.05) is 11.1 Å². The number of rotatable bonds is 5. The largest absolute Gasteiger partial charge is 0.770 e. The molecule has 5 nitrogen and oxygen atoms in total. The Bertz CT molecular complexity index is 652. The normalized spacial score (nSPS) is 15.5. The number of carboxylic acid groups (broad SMARTS) is 1. The Morgan fingerprint density at radius 3 is 2.55 bits per heavy atom. The van der Waals surface area contributed by atoms with Gasteiger partial charge >= 0.3 is 5.97 Å². The van der Waals surface area contributed by atoms with Crippen LogP contribution in [0.25, 0.3) is 10.8 Å². The van der Waals surface area contributed by atoms with Gasteiger partial charge in [0.05, 0.1) is 0 Å². The molecule has 20 heavy (non-hydrogen) atoms. The lowest BCUT2D eigenvalue weighted by Gasteiger charge is -2.32. The Morgan fingerprint density at radius 1 is 1.30 bits per heavy atom. The Kier molecular flexibility index (Phi) is 4.06. The highest BCUT2D eigenvalue weighted by Gasteiger charge is 2.38. The molecule has 1 unspecified atom stereocenters. The van der Waals surface area contributed by atoms with Gasteiger partial charge in [0.25, 0.3) is 0 Å². The summed E-state index contributed by atoms with van der Waals surface area (Å²) < 4.78 is 22.8. The fourth-order valence-corrected chi connectivity index (χ4v) is 2.65. The van der Waals surface area contributed by atoms with E-state index < -0.39 is 21.9 Å². The second-order valence-electron chi connectivity index (χ2n) is 4.37. The summed E-state index contributed by atoms with van der Waals surface area (Å²) in [6.07, 6.45) is -0.0817. The van der Waals surface area contributed by atoms with E-state index in [1.54, 1.807) is 12.1 Å². The quantitative estimate of drug-likeness (QED) is 0.825. The van der Waals surface area contributed by atoms with Crippen molar-refractivity contribution in [1.29, 1.82) is 0 Å². The van der Waals surface area contributed by atoms with Gasteiger partial charge in [-0.25, -0.2) is 4.79 Å². The molecule has 2 atom stereocenters. The van der Waals surface area contributed by atoms with Crippen molar-refractivity contribution in [1.82, 2.24) is 0 Å². The molecule has 0 amide bonds. The molecule has 0 saturated carbocycles. The van der Waals surface area contributed by atoms with E-state index in [9.17, 15) is 18.7 Å². The van der Waals surface area contributed by atoms with E-state index in [-0.39, 0.29) is 6.42 Å². The van der Waals surface area contributed by atoms with Gasteiger partial charge in [-0.3, -0.25) is 4.21 Å². The lowest BCUT2D eigenvalue weighted by molar-refractivity contribution is -0.139. The molecular weight excluding hydrogens is 278 g/mol. The van der Waals surface area contributed by atoms with Crippen LogP contribution in [-0.2, 0) is 15.9 Å². The molecule has 2 aromatic rings. The van der Waals surface area contributed by atoms with Gasteiger partial charge in [-0.15, -0.1) is 0 Å². The maximum absolute atomic E-state index is 11.4. The van der Waals surface area contributed by atoms with Gasteiger partial charge in [-0.05, 0) is 29.0 Å². The summed E-state index contributed by atoms with van der Waals surface area (Å²) in [5.74, 6) is -1.42. The van der Waals surface area contributed by atoms with Gasteiger partial charge in [-0.1, -0.05) is 43.3 Å². The van der Waals surface area contributed by atoms with Gasteiger partial charge in [-0.2, -0.15) is 0 Å². The zero-order chi connectivity index (χ0) is 14.8. The lowest BCUT2D eigenvalue weighted by atomic mass is 10.1. The van der Waals surface area contributed by atoms with Crippen LogP contribution in [0.1, 0.15) is 13.3 Å². The van der Waals surface area contributed by atoms with Crippen LogP contribution in [0.4, 0.5) is 5.69 Å². The first-order chi connectivity index (χ1) is 9.51. The number of aliphatic carboxylic acids is 1. The number of carboxylic acids is 1. The summed E-state index contributed by atoms with van der Waals surface area (Å²) in [5.41, 5.74) is 0.483. The average Bonchev–Trinajstić information content (AvgIpc) is 2.44. The maximum Gasteiger partial charge on any atom is 0.341 e. The molecule has 2 aromatic carbocycles. The van der Waals surface area contributed by atoms with Crippen molar-refractivity contribution in [3.8, 4) is 0 Å². The highest BCUT2D eigenvalue weighted by molar-refractivity contribution is 7.81. The number of benzene rings is 2. The van der Waals surface area contributed by atoms with Crippen molar-refractivity contribution in [2.24, 2.45) is 0 Å². The second-order valence-corrected chi connectivity index (χ2v) is 5.54. The molecule has 0 aromatic heterocycles. The summed E-state index contributed by atoms with van der Waals surface area (Å²) in [4.78, 5) is 9.36. The molecule has 0 aliphatic rings. The maximum atomic E-state index is 11.4. The van der Waals surface area contributed by atoms with E-state index >= 15 is 0 Å². The van der Waals surface area contributed by atoms with Crippen molar-refractivity contribution < 1.29 is 18.7 Å². The molecule has 0 aliphatic carbocycles. The fourth-order valence-electron chi connectivity index (χ4n) is 2.08. The average molecular weight is 292 g/mol. The Balaban J connectivity index is 2.54. The molecule has 106 valence electrons. The smallest absolute Gasteiger partial charge is 0.341 e. The first-order valence-electron chi connectivity index (χ1n) is 6.10. The van der Waals surface area contributed by atoms with Gasteiger partial charge < -0.3 is 15.0 Å². The van der Waals surface area contributed by atoms with Crippen molar-refractivity contribution in [3.05, 3.63) is 42.5 Å². The van der Waals surface area contributed by atoms with Crippen LogP contribution < -0.4 is 5.32 Å². The minimum Gasteiger partial charge on any atom is -0.770 e. The summed E-state index contributed by atoms with van der Waals surface area (Å²) in [6.45, 7) is 1.52. The number of hydrogen-bond acceptors (Lipinski definition) is 4. The van der Waals surface area contributed by atoms with Gasteiger partial charge in [0.2, 0.25) is 0 Å². The highest BCUT2D eigenvalue weighted by atomic mass is 32.2. The van der Waals surface area contributed by atoms with Crippen LogP contribution in [-0.4, -0.2) is 24.7 Å². The molecule has 6 heteroatoms. The third kappa shape index (κ3) is 2.39. The van der Waals surface area contributed by atoms with Crippen molar-refractivity contribution in [2.45, 2.75) is 18.2 Å². The van der Waals surface area contributed by atoms with E-state index in [0.717, 1.165) is 10.8 Å². The number of carbonyl (C=O) groups is 1. The summed E-state index contributed by atoms with van der Waals surface area (Å²) in [6, 6.07) is 12.7. The Labute approximate surface area is 118 Å². The standard InChI is InChI=1S/C14H15NO4S/c1-2-14(13(16)17,20(18)19)15-12-9-5-7-10-6-3-4-8-11(10)12/h3-9,15H,2H2,1H3,(H,16,17)(H,18,19)/p-1/t14-/m0/s1. The van der Waals surface area contributed by atoms with Crippen molar-refractivity contribution >= 4 is 33.5 Å². The summed E-state index contributed by atoms with van der Waals surface area (Å²) >= 11 is -2.80. The minimum absolute atomic E-state index is 0.0817. The monoisotopic (exact) mass is 292 g/mol. The first kappa shape index (κ1) is 14.5. The number of fused-ring (bicyclic) bond motifs is 1. The van der Waals surface area contributed by atoms with Crippen molar-refractivity contribution in [2.75, 3.05) is 5.32 Å². The Hall–Kier alpha value is -1.92. The van der Waals surface area contributed by atoms with Gasteiger partial charge in [0.15, 0.2) is 4.87 Å². The molecule has 0 bridgehead atoms. The van der Waals surface area contributed by atoms with E-state index in [0.29, 0.717) is 5.69 Å². The van der Waals surface area contributed by atoms with Crippen LogP contribution in [0.5, 0.6) is 0 Å². The summed E-state index contributed by atoms with van der Waals surface area (Å²) in [7, 11) is 0. The molecule has 0 heterocycles. The molecule has 2 N–H and O–H groups in total. The molecule has 0 fully saturated rings. The summed E-state index contributed by atoms with van der Waals surface area (Å²) in [5, 5.41) is 13.6. The fraction of sp³-hybridized carbons (Fsp3) is 0.214. The predicted octanol–water partition coefficient (Wildman–Crippen LogP) is 2.32. The first-order valence-corrected chi connectivity index (χ1v) is 7.17.